The van der Waals surface area contributed by atoms with Gasteiger partial charge in [0.1, 0.15) is 11.6 Å². The zero-order valence-corrected chi connectivity index (χ0v) is 20.6. The maximum atomic E-state index is 14.0. The number of carbonyl (C=O) groups excluding carboxylic acids is 3. The van der Waals surface area contributed by atoms with Crippen molar-refractivity contribution in [3.05, 3.63) is 0 Å². The molecule has 3 heterocycles. The SMILES string of the molecule is CCCNC(=O)[C@@H]1[C@H]2C(=O)N([C@@H](CO)C(C)C)C(C(=O)NC3CCCCC3)C23CC[C@@]1(C)O3. The number of aliphatic hydroxyl groups excluding tert-OH is 1. The molecule has 3 aliphatic heterocycles. The standard InChI is InChI=1S/C25H41N3O5/c1-5-13-26-21(30)18-19-23(32)28(17(14-29)15(2)3)20(25(19)12-11-24(18,4)33-25)22(31)27-16-9-7-6-8-10-16/h15-20,29H,5-14H2,1-4H3,(H,26,30)(H,27,31)/t17-,18-,19-,20?,24+,25?/m0/s1. The smallest absolute Gasteiger partial charge is 0.246 e. The molecule has 3 amide bonds. The van der Waals surface area contributed by atoms with Crippen molar-refractivity contribution in [3.8, 4) is 0 Å². The summed E-state index contributed by atoms with van der Waals surface area (Å²) in [6.45, 7) is 8.10. The fraction of sp³-hybridized carbons (Fsp3) is 0.880. The fourth-order valence-corrected chi connectivity index (χ4v) is 6.93. The van der Waals surface area contributed by atoms with Crippen LogP contribution in [0.5, 0.6) is 0 Å². The van der Waals surface area contributed by atoms with E-state index in [4.69, 9.17) is 4.74 Å². The van der Waals surface area contributed by atoms with Gasteiger partial charge >= 0.3 is 0 Å². The number of likely N-dealkylation sites (tertiary alicyclic amines) is 1. The van der Waals surface area contributed by atoms with Crippen LogP contribution in [-0.2, 0) is 19.1 Å². The molecule has 2 bridgehead atoms. The molecular formula is C25H41N3O5. The van der Waals surface area contributed by atoms with Gasteiger partial charge in [-0.15, -0.1) is 0 Å². The van der Waals surface area contributed by atoms with Crippen LogP contribution in [0, 0.1) is 17.8 Å². The molecule has 1 aliphatic carbocycles. The number of nitrogens with zero attached hydrogens (tertiary/aromatic N) is 1. The predicted molar refractivity (Wildman–Crippen MR) is 123 cm³/mol. The van der Waals surface area contributed by atoms with E-state index in [-0.39, 0.29) is 36.3 Å². The molecule has 33 heavy (non-hydrogen) atoms. The van der Waals surface area contributed by atoms with E-state index >= 15 is 0 Å². The molecule has 0 aromatic heterocycles. The number of aliphatic hydroxyl groups is 1. The van der Waals surface area contributed by atoms with Crippen molar-refractivity contribution in [2.24, 2.45) is 17.8 Å². The van der Waals surface area contributed by atoms with Gasteiger partial charge in [-0.05, 0) is 44.9 Å². The van der Waals surface area contributed by atoms with E-state index in [1.807, 2.05) is 27.7 Å². The molecule has 6 atom stereocenters. The summed E-state index contributed by atoms with van der Waals surface area (Å²) in [5.74, 6) is -1.98. The first-order valence-electron chi connectivity index (χ1n) is 12.9. The molecule has 3 saturated heterocycles. The first kappa shape index (κ1) is 24.5. The van der Waals surface area contributed by atoms with Crippen LogP contribution in [0.15, 0.2) is 0 Å². The molecule has 4 aliphatic rings. The summed E-state index contributed by atoms with van der Waals surface area (Å²) in [6, 6.07) is -1.24. The van der Waals surface area contributed by atoms with Crippen LogP contribution in [0.2, 0.25) is 0 Å². The summed E-state index contributed by atoms with van der Waals surface area (Å²) in [7, 11) is 0. The van der Waals surface area contributed by atoms with E-state index in [1.165, 1.54) is 6.42 Å². The maximum absolute atomic E-state index is 14.0. The summed E-state index contributed by atoms with van der Waals surface area (Å²) in [5, 5.41) is 16.4. The van der Waals surface area contributed by atoms with Crippen LogP contribution in [0.25, 0.3) is 0 Å². The van der Waals surface area contributed by atoms with Crippen molar-refractivity contribution >= 4 is 17.7 Å². The Hall–Kier alpha value is -1.67. The molecule has 0 aromatic rings. The van der Waals surface area contributed by atoms with Gasteiger partial charge < -0.3 is 25.4 Å². The minimum absolute atomic E-state index is 0.0423. The number of ether oxygens (including phenoxy) is 1. The number of amides is 3. The van der Waals surface area contributed by atoms with E-state index < -0.39 is 35.1 Å². The molecule has 4 fully saturated rings. The van der Waals surface area contributed by atoms with Crippen LogP contribution in [0.1, 0.15) is 79.1 Å². The minimum Gasteiger partial charge on any atom is -0.394 e. The Morgan fingerprint density at radius 1 is 1.18 bits per heavy atom. The van der Waals surface area contributed by atoms with Gasteiger partial charge in [0.15, 0.2) is 0 Å². The average Bonchev–Trinajstić information content (AvgIpc) is 3.34. The third kappa shape index (κ3) is 3.87. The number of hydrogen-bond acceptors (Lipinski definition) is 5. The van der Waals surface area contributed by atoms with Gasteiger partial charge in [0.25, 0.3) is 0 Å². The highest BCUT2D eigenvalue weighted by molar-refractivity contribution is 5.99. The maximum Gasteiger partial charge on any atom is 0.246 e. The lowest BCUT2D eigenvalue weighted by molar-refractivity contribution is -0.151. The molecule has 0 radical (unpaired) electrons. The van der Waals surface area contributed by atoms with Gasteiger partial charge in [-0.1, -0.05) is 40.0 Å². The number of nitrogens with one attached hydrogen (secondary N) is 2. The van der Waals surface area contributed by atoms with Crippen LogP contribution in [-0.4, -0.2) is 70.2 Å². The lowest BCUT2D eigenvalue weighted by atomic mass is 9.66. The third-order valence-corrected chi connectivity index (χ3v) is 8.56. The van der Waals surface area contributed by atoms with Crippen molar-refractivity contribution in [2.45, 2.75) is 108 Å². The molecule has 0 aromatic carbocycles. The minimum atomic E-state index is -1.03. The Labute approximate surface area is 197 Å². The Morgan fingerprint density at radius 2 is 1.88 bits per heavy atom. The van der Waals surface area contributed by atoms with Gasteiger partial charge in [0.2, 0.25) is 17.7 Å². The van der Waals surface area contributed by atoms with Crippen LogP contribution >= 0.6 is 0 Å². The first-order valence-corrected chi connectivity index (χ1v) is 12.9. The van der Waals surface area contributed by atoms with E-state index in [2.05, 4.69) is 10.6 Å². The topological polar surface area (TPSA) is 108 Å². The number of fused-ring (bicyclic) bond motifs is 1. The highest BCUT2D eigenvalue weighted by Gasteiger charge is 2.78. The second kappa shape index (κ2) is 9.17. The van der Waals surface area contributed by atoms with Gasteiger partial charge in [0, 0.05) is 12.6 Å². The number of hydrogen-bond donors (Lipinski definition) is 3. The zero-order valence-electron chi connectivity index (χ0n) is 20.6. The van der Waals surface area contributed by atoms with Crippen molar-refractivity contribution in [1.29, 1.82) is 0 Å². The summed E-state index contributed by atoms with van der Waals surface area (Å²) >= 11 is 0. The normalized spacial score (nSPS) is 36.8. The van der Waals surface area contributed by atoms with E-state index in [1.54, 1.807) is 4.90 Å². The van der Waals surface area contributed by atoms with Crippen LogP contribution in [0.4, 0.5) is 0 Å². The van der Waals surface area contributed by atoms with E-state index in [0.29, 0.717) is 19.4 Å². The Balaban J connectivity index is 1.72. The van der Waals surface area contributed by atoms with Crippen molar-refractivity contribution in [2.75, 3.05) is 13.2 Å². The molecule has 3 N–H and O–H groups in total. The summed E-state index contributed by atoms with van der Waals surface area (Å²) in [5.41, 5.74) is -1.79. The van der Waals surface area contributed by atoms with Crippen molar-refractivity contribution in [3.63, 3.8) is 0 Å². The van der Waals surface area contributed by atoms with Gasteiger partial charge in [-0.3, -0.25) is 14.4 Å². The number of carbonyl (C=O) groups is 3. The molecule has 186 valence electrons. The van der Waals surface area contributed by atoms with Crippen LogP contribution < -0.4 is 10.6 Å². The highest BCUT2D eigenvalue weighted by Crippen LogP contribution is 2.63. The second-order valence-electron chi connectivity index (χ2n) is 11.1. The third-order valence-electron chi connectivity index (χ3n) is 8.56. The van der Waals surface area contributed by atoms with Gasteiger partial charge in [0.05, 0.1) is 30.1 Å². The van der Waals surface area contributed by atoms with E-state index in [0.717, 1.165) is 32.1 Å². The molecule has 8 nitrogen and oxygen atoms in total. The molecular weight excluding hydrogens is 422 g/mol. The summed E-state index contributed by atoms with van der Waals surface area (Å²) in [4.78, 5) is 42.6. The fourth-order valence-electron chi connectivity index (χ4n) is 6.93. The van der Waals surface area contributed by atoms with Crippen molar-refractivity contribution in [1.82, 2.24) is 15.5 Å². The lowest BCUT2D eigenvalue weighted by Crippen LogP contribution is -2.60. The summed E-state index contributed by atoms with van der Waals surface area (Å²) in [6.07, 6.45) is 7.24. The van der Waals surface area contributed by atoms with Gasteiger partial charge in [-0.25, -0.2) is 0 Å². The largest absolute Gasteiger partial charge is 0.394 e. The first-order chi connectivity index (χ1) is 15.7. The average molecular weight is 464 g/mol. The van der Waals surface area contributed by atoms with Crippen molar-refractivity contribution < 1.29 is 24.2 Å². The predicted octanol–water partition coefficient (Wildman–Crippen LogP) is 1.74. The summed E-state index contributed by atoms with van der Waals surface area (Å²) < 4.78 is 6.62. The molecule has 8 heteroatoms. The van der Waals surface area contributed by atoms with Gasteiger partial charge in [-0.2, -0.15) is 0 Å². The zero-order chi connectivity index (χ0) is 24.0. The Bertz CT molecular complexity index is 782. The lowest BCUT2D eigenvalue weighted by Gasteiger charge is -2.39. The molecule has 4 rings (SSSR count). The quantitative estimate of drug-likeness (QED) is 0.508. The monoisotopic (exact) mass is 463 g/mol. The number of rotatable bonds is 8. The molecule has 2 unspecified atom stereocenters. The molecule has 1 saturated carbocycles. The Kier molecular flexibility index (Phi) is 6.80. The van der Waals surface area contributed by atoms with Crippen LogP contribution in [0.3, 0.4) is 0 Å². The highest BCUT2D eigenvalue weighted by atomic mass is 16.5. The Morgan fingerprint density at radius 3 is 2.48 bits per heavy atom. The molecule has 1 spiro atoms. The second-order valence-corrected chi connectivity index (χ2v) is 11.1. The van der Waals surface area contributed by atoms with E-state index in [9.17, 15) is 19.5 Å².